The summed E-state index contributed by atoms with van der Waals surface area (Å²) in [5, 5.41) is 0. The Morgan fingerprint density at radius 1 is 1.17 bits per heavy atom. The van der Waals surface area contributed by atoms with E-state index in [1.165, 1.54) is 49.3 Å². The van der Waals surface area contributed by atoms with Crippen LogP contribution in [0.4, 0.5) is 0 Å². The van der Waals surface area contributed by atoms with Gasteiger partial charge in [0.2, 0.25) is 5.91 Å². The number of aromatic nitrogens is 2. The zero-order valence-electron chi connectivity index (χ0n) is 13.9. The molecule has 0 aromatic carbocycles. The van der Waals surface area contributed by atoms with Gasteiger partial charge in [0.1, 0.15) is 5.82 Å². The van der Waals surface area contributed by atoms with Crippen molar-refractivity contribution in [2.45, 2.75) is 70.3 Å². The van der Waals surface area contributed by atoms with E-state index in [1.54, 1.807) is 0 Å². The summed E-state index contributed by atoms with van der Waals surface area (Å²) >= 11 is 0. The number of H-pyrrole nitrogens is 1. The quantitative estimate of drug-likeness (QED) is 0.846. The lowest BCUT2D eigenvalue weighted by Crippen LogP contribution is -2.40. The molecule has 124 valence electrons. The molecule has 1 amide bonds. The van der Waals surface area contributed by atoms with E-state index in [4.69, 9.17) is 4.98 Å². The first kappa shape index (κ1) is 15.0. The average molecular weight is 313 g/mol. The molecule has 1 unspecified atom stereocenters. The Bertz CT molecular complexity index is 598. The number of hydrogen-bond donors (Lipinski definition) is 1. The number of rotatable bonds is 2. The molecule has 23 heavy (non-hydrogen) atoms. The predicted octanol–water partition coefficient (Wildman–Crippen LogP) is 3.70. The van der Waals surface area contributed by atoms with Gasteiger partial charge in [-0.15, -0.1) is 0 Å². The van der Waals surface area contributed by atoms with Gasteiger partial charge in [-0.1, -0.05) is 31.4 Å². The zero-order chi connectivity index (χ0) is 15.6. The summed E-state index contributed by atoms with van der Waals surface area (Å²) in [6, 6.07) is 0. The number of nitrogens with zero attached hydrogens (tertiary/aromatic N) is 2. The Kier molecular flexibility index (Phi) is 4.23. The highest BCUT2D eigenvalue weighted by Gasteiger charge is 2.29. The van der Waals surface area contributed by atoms with Crippen molar-refractivity contribution in [1.29, 1.82) is 0 Å². The van der Waals surface area contributed by atoms with E-state index in [1.807, 2.05) is 0 Å². The lowest BCUT2D eigenvalue weighted by Gasteiger charge is -2.30. The fourth-order valence-corrected chi connectivity index (χ4v) is 4.35. The van der Waals surface area contributed by atoms with Crippen molar-refractivity contribution in [2.24, 2.45) is 5.92 Å². The lowest BCUT2D eigenvalue weighted by atomic mass is 9.89. The second kappa shape index (κ2) is 6.50. The molecular formula is C19H27N3O. The summed E-state index contributed by atoms with van der Waals surface area (Å²) in [6.07, 6.45) is 14.8. The van der Waals surface area contributed by atoms with Gasteiger partial charge >= 0.3 is 0 Å². The Balaban J connectivity index is 1.45. The van der Waals surface area contributed by atoms with Gasteiger partial charge in [-0.3, -0.25) is 4.79 Å². The molecule has 1 fully saturated rings. The van der Waals surface area contributed by atoms with Crippen LogP contribution in [0.25, 0.3) is 0 Å². The lowest BCUT2D eigenvalue weighted by molar-refractivity contribution is -0.136. The highest BCUT2D eigenvalue weighted by Crippen LogP contribution is 2.32. The maximum absolute atomic E-state index is 12.7. The maximum Gasteiger partial charge on any atom is 0.226 e. The fraction of sp³-hybridized carbons (Fsp3) is 0.684. The van der Waals surface area contributed by atoms with E-state index >= 15 is 0 Å². The molecule has 1 saturated carbocycles. The van der Waals surface area contributed by atoms with Crippen molar-refractivity contribution in [3.05, 3.63) is 29.4 Å². The van der Waals surface area contributed by atoms with Gasteiger partial charge in [0.05, 0.1) is 17.9 Å². The Hall–Kier alpha value is -1.58. The van der Waals surface area contributed by atoms with Crippen LogP contribution in [0.1, 0.15) is 74.5 Å². The number of aromatic amines is 1. The smallest absolute Gasteiger partial charge is 0.226 e. The highest BCUT2D eigenvalue weighted by molar-refractivity contribution is 5.79. The first-order valence-electron chi connectivity index (χ1n) is 9.32. The molecule has 0 bridgehead atoms. The molecule has 0 radical (unpaired) electrons. The maximum atomic E-state index is 12.7. The molecule has 0 spiro atoms. The molecule has 3 aliphatic rings. The minimum atomic E-state index is 0.197. The van der Waals surface area contributed by atoms with Gasteiger partial charge in [0.15, 0.2) is 0 Å². The van der Waals surface area contributed by atoms with Gasteiger partial charge in [0.25, 0.3) is 0 Å². The fourth-order valence-electron chi connectivity index (χ4n) is 4.35. The third kappa shape index (κ3) is 3.08. The van der Waals surface area contributed by atoms with Crippen LogP contribution < -0.4 is 0 Å². The molecule has 4 nitrogen and oxygen atoms in total. The monoisotopic (exact) mass is 313 g/mol. The third-order valence-electron chi connectivity index (χ3n) is 5.77. The van der Waals surface area contributed by atoms with Crippen LogP contribution in [0.5, 0.6) is 0 Å². The number of imidazole rings is 1. The summed E-state index contributed by atoms with van der Waals surface area (Å²) in [7, 11) is 0. The van der Waals surface area contributed by atoms with E-state index in [0.717, 1.165) is 38.8 Å². The molecule has 4 rings (SSSR count). The molecule has 2 heterocycles. The first-order valence-corrected chi connectivity index (χ1v) is 9.32. The molecule has 4 heteroatoms. The van der Waals surface area contributed by atoms with E-state index in [2.05, 4.69) is 22.0 Å². The van der Waals surface area contributed by atoms with Crippen LogP contribution >= 0.6 is 0 Å². The van der Waals surface area contributed by atoms with Gasteiger partial charge in [-0.05, 0) is 32.1 Å². The second-order valence-corrected chi connectivity index (χ2v) is 7.37. The largest absolute Gasteiger partial charge is 0.344 e. The molecule has 1 N–H and O–H groups in total. The molecule has 1 aromatic rings. The van der Waals surface area contributed by atoms with Crippen molar-refractivity contribution in [3.63, 3.8) is 0 Å². The SMILES string of the molecule is O=C(C1CC=CCC1)N1CCc2nc(C3CCCCC3)[nH]c2C1. The molecule has 1 atom stereocenters. The molecular weight excluding hydrogens is 286 g/mol. The zero-order valence-corrected chi connectivity index (χ0v) is 13.9. The normalized spacial score (nSPS) is 25.4. The van der Waals surface area contributed by atoms with Crippen LogP contribution in [-0.2, 0) is 17.8 Å². The third-order valence-corrected chi connectivity index (χ3v) is 5.77. The minimum absolute atomic E-state index is 0.197. The van der Waals surface area contributed by atoms with E-state index in [-0.39, 0.29) is 5.92 Å². The van der Waals surface area contributed by atoms with Gasteiger partial charge in [-0.25, -0.2) is 4.98 Å². The minimum Gasteiger partial charge on any atom is -0.344 e. The van der Waals surface area contributed by atoms with Crippen molar-refractivity contribution in [1.82, 2.24) is 14.9 Å². The number of allylic oxidation sites excluding steroid dienone is 2. The molecule has 2 aliphatic carbocycles. The highest BCUT2D eigenvalue weighted by atomic mass is 16.2. The predicted molar refractivity (Wildman–Crippen MR) is 90.0 cm³/mol. The summed E-state index contributed by atoms with van der Waals surface area (Å²) in [5.74, 6) is 2.34. The van der Waals surface area contributed by atoms with Crippen molar-refractivity contribution in [3.8, 4) is 0 Å². The number of amides is 1. The standard InChI is InChI=1S/C19H27N3O/c23-19(15-9-5-2-6-10-15)22-12-11-16-17(13-22)21-18(20-16)14-7-3-1-4-8-14/h2,5,14-15H,1,3-4,6-13H2,(H,20,21). The Labute approximate surface area is 138 Å². The molecule has 1 aromatic heterocycles. The summed E-state index contributed by atoms with van der Waals surface area (Å²) in [5.41, 5.74) is 2.40. The van der Waals surface area contributed by atoms with E-state index in [9.17, 15) is 4.79 Å². The number of nitrogens with one attached hydrogen (secondary N) is 1. The van der Waals surface area contributed by atoms with Gasteiger partial charge < -0.3 is 9.88 Å². The van der Waals surface area contributed by atoms with Crippen LogP contribution in [0.3, 0.4) is 0 Å². The van der Waals surface area contributed by atoms with Crippen molar-refractivity contribution in [2.75, 3.05) is 6.54 Å². The summed E-state index contributed by atoms with van der Waals surface area (Å²) in [4.78, 5) is 23.2. The van der Waals surface area contributed by atoms with Crippen LogP contribution in [0.15, 0.2) is 12.2 Å². The number of fused-ring (bicyclic) bond motifs is 1. The van der Waals surface area contributed by atoms with Gasteiger partial charge in [-0.2, -0.15) is 0 Å². The van der Waals surface area contributed by atoms with Crippen LogP contribution in [-0.4, -0.2) is 27.3 Å². The summed E-state index contributed by atoms with van der Waals surface area (Å²) in [6.45, 7) is 1.56. The van der Waals surface area contributed by atoms with E-state index < -0.39 is 0 Å². The molecule has 1 aliphatic heterocycles. The van der Waals surface area contributed by atoms with Crippen molar-refractivity contribution >= 4 is 5.91 Å². The number of hydrogen-bond acceptors (Lipinski definition) is 2. The van der Waals surface area contributed by atoms with E-state index in [0.29, 0.717) is 11.8 Å². The van der Waals surface area contributed by atoms with Crippen LogP contribution in [0.2, 0.25) is 0 Å². The van der Waals surface area contributed by atoms with Crippen molar-refractivity contribution < 1.29 is 4.79 Å². The van der Waals surface area contributed by atoms with Gasteiger partial charge in [0, 0.05) is 24.8 Å². The topological polar surface area (TPSA) is 49.0 Å². The number of carbonyl (C=O) groups excluding carboxylic acids is 1. The summed E-state index contributed by atoms with van der Waals surface area (Å²) < 4.78 is 0. The molecule has 0 saturated heterocycles. The number of carbonyl (C=O) groups is 1. The Morgan fingerprint density at radius 2 is 2.04 bits per heavy atom. The average Bonchev–Trinajstić information content (AvgIpc) is 3.06. The Morgan fingerprint density at radius 3 is 2.83 bits per heavy atom. The second-order valence-electron chi connectivity index (χ2n) is 7.37. The van der Waals surface area contributed by atoms with Crippen LogP contribution in [0, 0.1) is 5.92 Å². The first-order chi connectivity index (χ1) is 11.3.